The van der Waals surface area contributed by atoms with Crippen LogP contribution in [0.1, 0.15) is 12.6 Å². The summed E-state index contributed by atoms with van der Waals surface area (Å²) in [5, 5.41) is 1.94. The third-order valence-corrected chi connectivity index (χ3v) is 1.72. The van der Waals surface area contributed by atoms with Crippen LogP contribution in [0.4, 0.5) is 0 Å². The Kier molecular flexibility index (Phi) is 3.25. The SMILES string of the molecule is CCn1cncc1CNN(C)C. The molecule has 1 heterocycles. The van der Waals surface area contributed by atoms with Crippen LogP contribution in [-0.4, -0.2) is 28.7 Å². The van der Waals surface area contributed by atoms with E-state index in [-0.39, 0.29) is 0 Å². The molecule has 0 saturated heterocycles. The first kappa shape index (κ1) is 9.22. The molecule has 12 heavy (non-hydrogen) atoms. The first-order valence-electron chi connectivity index (χ1n) is 4.14. The summed E-state index contributed by atoms with van der Waals surface area (Å²) in [5.41, 5.74) is 4.41. The summed E-state index contributed by atoms with van der Waals surface area (Å²) in [5.74, 6) is 0. The molecule has 0 bridgehead atoms. The maximum absolute atomic E-state index is 4.08. The number of rotatable bonds is 4. The predicted molar refractivity (Wildman–Crippen MR) is 48.4 cm³/mol. The van der Waals surface area contributed by atoms with Crippen LogP contribution in [0.5, 0.6) is 0 Å². The van der Waals surface area contributed by atoms with Crippen molar-refractivity contribution in [1.29, 1.82) is 0 Å². The van der Waals surface area contributed by atoms with Gasteiger partial charge in [-0.15, -0.1) is 0 Å². The van der Waals surface area contributed by atoms with Gasteiger partial charge in [0.15, 0.2) is 0 Å². The van der Waals surface area contributed by atoms with E-state index in [1.807, 2.05) is 31.6 Å². The van der Waals surface area contributed by atoms with Crippen molar-refractivity contribution in [2.24, 2.45) is 0 Å². The van der Waals surface area contributed by atoms with Gasteiger partial charge >= 0.3 is 0 Å². The molecule has 0 radical (unpaired) electrons. The molecule has 0 unspecified atom stereocenters. The second-order valence-corrected chi connectivity index (χ2v) is 2.90. The van der Waals surface area contributed by atoms with Crippen molar-refractivity contribution in [3.05, 3.63) is 18.2 Å². The van der Waals surface area contributed by atoms with Gasteiger partial charge in [0.25, 0.3) is 0 Å². The average molecular weight is 168 g/mol. The predicted octanol–water partition coefficient (Wildman–Crippen LogP) is 0.469. The highest BCUT2D eigenvalue weighted by Gasteiger charge is 1.98. The number of hydrogen-bond donors (Lipinski definition) is 1. The monoisotopic (exact) mass is 168 g/mol. The molecule has 0 fully saturated rings. The highest BCUT2D eigenvalue weighted by molar-refractivity contribution is 4.97. The summed E-state index contributed by atoms with van der Waals surface area (Å²) in [6.45, 7) is 3.92. The lowest BCUT2D eigenvalue weighted by Gasteiger charge is -2.12. The second kappa shape index (κ2) is 4.23. The maximum Gasteiger partial charge on any atom is 0.0948 e. The van der Waals surface area contributed by atoms with Crippen LogP contribution < -0.4 is 5.43 Å². The van der Waals surface area contributed by atoms with Gasteiger partial charge in [-0.2, -0.15) is 0 Å². The van der Waals surface area contributed by atoms with E-state index in [1.54, 1.807) is 0 Å². The fraction of sp³-hybridized carbons (Fsp3) is 0.625. The van der Waals surface area contributed by atoms with Crippen LogP contribution in [-0.2, 0) is 13.1 Å². The van der Waals surface area contributed by atoms with Crippen LogP contribution in [0.15, 0.2) is 12.5 Å². The lowest BCUT2D eigenvalue weighted by atomic mass is 10.4. The minimum Gasteiger partial charge on any atom is -0.334 e. The van der Waals surface area contributed by atoms with Gasteiger partial charge in [-0.3, -0.25) is 5.01 Å². The molecule has 0 aliphatic carbocycles. The molecule has 0 aliphatic rings. The van der Waals surface area contributed by atoms with Crippen LogP contribution in [0.25, 0.3) is 0 Å². The second-order valence-electron chi connectivity index (χ2n) is 2.90. The molecule has 1 aromatic rings. The standard InChI is InChI=1S/C8H16N4/c1-4-12-7-9-5-8(12)6-10-11(2)3/h5,7,10H,4,6H2,1-3H3. The van der Waals surface area contributed by atoms with Crippen LogP contribution in [0.3, 0.4) is 0 Å². The number of nitrogens with one attached hydrogen (secondary N) is 1. The fourth-order valence-corrected chi connectivity index (χ4v) is 1.02. The first-order valence-corrected chi connectivity index (χ1v) is 4.14. The molecule has 1 rings (SSSR count). The molecule has 0 saturated carbocycles. The number of nitrogens with zero attached hydrogens (tertiary/aromatic N) is 3. The molecule has 0 aliphatic heterocycles. The van der Waals surface area contributed by atoms with E-state index in [2.05, 4.69) is 21.9 Å². The molecule has 4 heteroatoms. The lowest BCUT2D eigenvalue weighted by molar-refractivity contribution is 0.282. The smallest absolute Gasteiger partial charge is 0.0948 e. The Morgan fingerprint density at radius 1 is 1.58 bits per heavy atom. The molecule has 68 valence electrons. The van der Waals surface area contributed by atoms with E-state index in [0.717, 1.165) is 13.1 Å². The van der Waals surface area contributed by atoms with Gasteiger partial charge in [-0.1, -0.05) is 0 Å². The third kappa shape index (κ3) is 2.32. The van der Waals surface area contributed by atoms with E-state index in [1.165, 1.54) is 5.69 Å². The molecular weight excluding hydrogens is 152 g/mol. The summed E-state index contributed by atoms with van der Waals surface area (Å²) in [6.07, 6.45) is 3.74. The van der Waals surface area contributed by atoms with Crippen molar-refractivity contribution >= 4 is 0 Å². The van der Waals surface area contributed by atoms with Crippen molar-refractivity contribution in [3.8, 4) is 0 Å². The van der Waals surface area contributed by atoms with Gasteiger partial charge in [0.1, 0.15) is 0 Å². The molecule has 0 atom stereocenters. The number of hydrazine groups is 1. The van der Waals surface area contributed by atoms with Gasteiger partial charge in [0, 0.05) is 26.8 Å². The van der Waals surface area contributed by atoms with Crippen molar-refractivity contribution in [1.82, 2.24) is 20.0 Å². The van der Waals surface area contributed by atoms with E-state index in [4.69, 9.17) is 0 Å². The average Bonchev–Trinajstić information content (AvgIpc) is 2.47. The van der Waals surface area contributed by atoms with Crippen LogP contribution in [0, 0.1) is 0 Å². The summed E-state index contributed by atoms with van der Waals surface area (Å²) in [6, 6.07) is 0. The van der Waals surface area contributed by atoms with E-state index < -0.39 is 0 Å². The van der Waals surface area contributed by atoms with Crippen molar-refractivity contribution in [2.45, 2.75) is 20.0 Å². The van der Waals surface area contributed by atoms with Crippen molar-refractivity contribution in [2.75, 3.05) is 14.1 Å². The summed E-state index contributed by atoms with van der Waals surface area (Å²) in [4.78, 5) is 4.08. The zero-order valence-corrected chi connectivity index (χ0v) is 7.91. The van der Waals surface area contributed by atoms with E-state index in [9.17, 15) is 0 Å². The van der Waals surface area contributed by atoms with Crippen molar-refractivity contribution < 1.29 is 0 Å². The number of imidazole rings is 1. The minimum atomic E-state index is 0.834. The van der Waals surface area contributed by atoms with Crippen LogP contribution in [0.2, 0.25) is 0 Å². The van der Waals surface area contributed by atoms with Crippen LogP contribution >= 0.6 is 0 Å². The summed E-state index contributed by atoms with van der Waals surface area (Å²) in [7, 11) is 3.96. The molecular formula is C8H16N4. The molecule has 0 spiro atoms. The Labute approximate surface area is 73.2 Å². The molecule has 1 N–H and O–H groups in total. The highest BCUT2D eigenvalue weighted by Crippen LogP contribution is 1.97. The molecule has 1 aromatic heterocycles. The Morgan fingerprint density at radius 2 is 2.33 bits per heavy atom. The van der Waals surface area contributed by atoms with Gasteiger partial charge in [0.05, 0.1) is 18.6 Å². The Balaban J connectivity index is 2.50. The number of aryl methyl sites for hydroxylation is 1. The summed E-state index contributed by atoms with van der Waals surface area (Å²) < 4.78 is 2.12. The quantitative estimate of drug-likeness (QED) is 0.663. The maximum atomic E-state index is 4.08. The normalized spacial score (nSPS) is 11.0. The molecule has 0 amide bonds. The zero-order chi connectivity index (χ0) is 8.97. The largest absolute Gasteiger partial charge is 0.334 e. The molecule has 4 nitrogen and oxygen atoms in total. The van der Waals surface area contributed by atoms with Gasteiger partial charge < -0.3 is 4.57 Å². The Hall–Kier alpha value is -0.870. The molecule has 0 aromatic carbocycles. The first-order chi connectivity index (χ1) is 5.74. The third-order valence-electron chi connectivity index (χ3n) is 1.72. The van der Waals surface area contributed by atoms with E-state index in [0.29, 0.717) is 0 Å². The number of hydrogen-bond acceptors (Lipinski definition) is 3. The summed E-state index contributed by atoms with van der Waals surface area (Å²) >= 11 is 0. The number of aromatic nitrogens is 2. The minimum absolute atomic E-state index is 0.834. The lowest BCUT2D eigenvalue weighted by Crippen LogP contribution is -2.30. The van der Waals surface area contributed by atoms with Gasteiger partial charge in [-0.05, 0) is 6.92 Å². The van der Waals surface area contributed by atoms with E-state index >= 15 is 0 Å². The van der Waals surface area contributed by atoms with Gasteiger partial charge in [0.2, 0.25) is 0 Å². The van der Waals surface area contributed by atoms with Crippen molar-refractivity contribution in [3.63, 3.8) is 0 Å². The Bertz CT molecular complexity index is 229. The zero-order valence-electron chi connectivity index (χ0n) is 7.91. The topological polar surface area (TPSA) is 33.1 Å². The fourth-order valence-electron chi connectivity index (χ4n) is 1.02. The highest BCUT2D eigenvalue weighted by atomic mass is 15.5. The Morgan fingerprint density at radius 3 is 2.92 bits per heavy atom. The van der Waals surface area contributed by atoms with Gasteiger partial charge in [-0.25, -0.2) is 10.4 Å².